The lowest BCUT2D eigenvalue weighted by atomic mass is 10.1. The van der Waals surface area contributed by atoms with Gasteiger partial charge in [0.15, 0.2) is 0 Å². The van der Waals surface area contributed by atoms with E-state index in [1.54, 1.807) is 41.2 Å². The summed E-state index contributed by atoms with van der Waals surface area (Å²) in [6.45, 7) is 0. The molecule has 0 bridgehead atoms. The summed E-state index contributed by atoms with van der Waals surface area (Å²) >= 11 is 0. The van der Waals surface area contributed by atoms with E-state index in [-0.39, 0.29) is 5.78 Å². The number of imidazole rings is 1. The second kappa shape index (κ2) is 3.83. The first kappa shape index (κ1) is 9.72. The first-order valence-corrected chi connectivity index (χ1v) is 5.24. The number of ketones is 1. The predicted octanol–water partition coefficient (Wildman–Crippen LogP) is 1.96. The number of carbonyl (C=O) groups excluding carboxylic acids is 1. The molecule has 0 spiro atoms. The van der Waals surface area contributed by atoms with E-state index in [9.17, 15) is 4.79 Å². The third-order valence-corrected chi connectivity index (χ3v) is 2.56. The van der Waals surface area contributed by atoms with Crippen molar-refractivity contribution in [2.75, 3.05) is 0 Å². The van der Waals surface area contributed by atoms with Gasteiger partial charge in [0.2, 0.25) is 11.6 Å². The zero-order valence-corrected chi connectivity index (χ0v) is 8.95. The Balaban J connectivity index is 2.14. The van der Waals surface area contributed by atoms with Crippen LogP contribution < -0.4 is 0 Å². The van der Waals surface area contributed by atoms with Crippen LogP contribution in [-0.4, -0.2) is 20.2 Å². The van der Waals surface area contributed by atoms with Crippen molar-refractivity contribution in [2.24, 2.45) is 0 Å². The fourth-order valence-electron chi connectivity index (χ4n) is 1.73. The van der Waals surface area contributed by atoms with Gasteiger partial charge in [-0.1, -0.05) is 30.3 Å². The van der Waals surface area contributed by atoms with E-state index in [0.717, 1.165) is 0 Å². The molecule has 4 heteroatoms. The Morgan fingerprint density at radius 2 is 1.88 bits per heavy atom. The van der Waals surface area contributed by atoms with E-state index in [1.165, 1.54) is 0 Å². The summed E-state index contributed by atoms with van der Waals surface area (Å²) in [5, 5.41) is 0. The van der Waals surface area contributed by atoms with Crippen LogP contribution in [0.4, 0.5) is 0 Å². The van der Waals surface area contributed by atoms with E-state index >= 15 is 0 Å². The molecular formula is C13H9N3O. The number of carbonyl (C=O) groups is 1. The van der Waals surface area contributed by atoms with Gasteiger partial charge in [-0.25, -0.2) is 9.97 Å². The Morgan fingerprint density at radius 1 is 1.06 bits per heavy atom. The normalized spacial score (nSPS) is 10.6. The smallest absolute Gasteiger partial charge is 0.234 e. The SMILES string of the molecule is O=C(c1ccccc1)c1cnc2ncccn12. The standard InChI is InChI=1S/C13H9N3O/c17-12(10-5-2-1-3-6-10)11-9-15-13-14-7-4-8-16(11)13/h1-9H. The molecule has 0 saturated carbocycles. The van der Waals surface area contributed by atoms with Crippen molar-refractivity contribution in [1.82, 2.24) is 14.4 Å². The summed E-state index contributed by atoms with van der Waals surface area (Å²) in [6, 6.07) is 10.9. The average molecular weight is 223 g/mol. The van der Waals surface area contributed by atoms with Crippen molar-refractivity contribution in [3.63, 3.8) is 0 Å². The van der Waals surface area contributed by atoms with Crippen LogP contribution in [0.1, 0.15) is 16.1 Å². The average Bonchev–Trinajstić information content (AvgIpc) is 2.83. The largest absolute Gasteiger partial charge is 0.287 e. The van der Waals surface area contributed by atoms with Crippen LogP contribution in [0.5, 0.6) is 0 Å². The van der Waals surface area contributed by atoms with Crippen molar-refractivity contribution >= 4 is 11.6 Å². The van der Waals surface area contributed by atoms with Crippen LogP contribution in [0.2, 0.25) is 0 Å². The maximum absolute atomic E-state index is 12.2. The van der Waals surface area contributed by atoms with Crippen LogP contribution in [0.3, 0.4) is 0 Å². The van der Waals surface area contributed by atoms with Crippen LogP contribution in [-0.2, 0) is 0 Å². The van der Waals surface area contributed by atoms with Gasteiger partial charge in [0, 0.05) is 18.0 Å². The molecule has 0 aliphatic carbocycles. The molecule has 0 aliphatic rings. The Bertz CT molecular complexity index is 673. The Labute approximate surface area is 97.6 Å². The predicted molar refractivity (Wildman–Crippen MR) is 62.9 cm³/mol. The van der Waals surface area contributed by atoms with E-state index in [4.69, 9.17) is 0 Å². The number of fused-ring (bicyclic) bond motifs is 1. The summed E-state index contributed by atoms with van der Waals surface area (Å²) in [6.07, 6.45) is 4.99. The van der Waals surface area contributed by atoms with Crippen LogP contribution in [0.15, 0.2) is 55.0 Å². The van der Waals surface area contributed by atoms with Gasteiger partial charge in [-0.2, -0.15) is 0 Å². The molecule has 3 aromatic rings. The van der Waals surface area contributed by atoms with Gasteiger partial charge in [0.1, 0.15) is 5.69 Å². The first-order chi connectivity index (χ1) is 8.36. The van der Waals surface area contributed by atoms with Gasteiger partial charge in [0.05, 0.1) is 6.20 Å². The lowest BCUT2D eigenvalue weighted by molar-refractivity contribution is 0.103. The van der Waals surface area contributed by atoms with E-state index in [1.807, 2.05) is 18.2 Å². The van der Waals surface area contributed by atoms with Crippen molar-refractivity contribution in [3.8, 4) is 0 Å². The molecule has 0 radical (unpaired) electrons. The second-order valence-electron chi connectivity index (χ2n) is 3.63. The lowest BCUT2D eigenvalue weighted by Crippen LogP contribution is -2.04. The van der Waals surface area contributed by atoms with Crippen LogP contribution in [0.25, 0.3) is 5.78 Å². The van der Waals surface area contributed by atoms with E-state index < -0.39 is 0 Å². The molecule has 0 atom stereocenters. The summed E-state index contributed by atoms with van der Waals surface area (Å²) in [5.41, 5.74) is 1.18. The van der Waals surface area contributed by atoms with Gasteiger partial charge >= 0.3 is 0 Å². The molecule has 0 fully saturated rings. The molecule has 4 nitrogen and oxygen atoms in total. The number of hydrogen-bond donors (Lipinski definition) is 0. The molecule has 2 aromatic heterocycles. The number of hydrogen-bond acceptors (Lipinski definition) is 3. The molecule has 82 valence electrons. The van der Waals surface area contributed by atoms with Crippen LogP contribution >= 0.6 is 0 Å². The van der Waals surface area contributed by atoms with E-state index in [0.29, 0.717) is 17.0 Å². The quantitative estimate of drug-likeness (QED) is 0.624. The second-order valence-corrected chi connectivity index (χ2v) is 3.63. The molecule has 0 aliphatic heterocycles. The molecule has 0 N–H and O–H groups in total. The lowest BCUT2D eigenvalue weighted by Gasteiger charge is -2.00. The number of aromatic nitrogens is 3. The fourth-order valence-corrected chi connectivity index (χ4v) is 1.73. The van der Waals surface area contributed by atoms with Gasteiger partial charge in [-0.3, -0.25) is 9.20 Å². The molecule has 2 heterocycles. The topological polar surface area (TPSA) is 47.3 Å². The van der Waals surface area contributed by atoms with Crippen molar-refractivity contribution in [3.05, 3.63) is 66.2 Å². The van der Waals surface area contributed by atoms with Crippen molar-refractivity contribution in [2.45, 2.75) is 0 Å². The monoisotopic (exact) mass is 223 g/mol. The molecule has 0 saturated heterocycles. The minimum Gasteiger partial charge on any atom is -0.287 e. The molecule has 1 aromatic carbocycles. The highest BCUT2D eigenvalue weighted by atomic mass is 16.1. The molecule has 3 rings (SSSR count). The zero-order valence-electron chi connectivity index (χ0n) is 8.95. The number of rotatable bonds is 2. The highest BCUT2D eigenvalue weighted by Gasteiger charge is 2.13. The van der Waals surface area contributed by atoms with Gasteiger partial charge in [-0.05, 0) is 6.07 Å². The minimum atomic E-state index is -0.0499. The molecule has 0 amide bonds. The number of benzene rings is 1. The maximum atomic E-state index is 12.2. The highest BCUT2D eigenvalue weighted by molar-refractivity contribution is 6.08. The van der Waals surface area contributed by atoms with Crippen LogP contribution in [0, 0.1) is 0 Å². The van der Waals surface area contributed by atoms with Gasteiger partial charge in [-0.15, -0.1) is 0 Å². The Morgan fingerprint density at radius 3 is 2.71 bits per heavy atom. The molecule has 17 heavy (non-hydrogen) atoms. The third kappa shape index (κ3) is 1.59. The minimum absolute atomic E-state index is 0.0499. The highest BCUT2D eigenvalue weighted by Crippen LogP contribution is 2.10. The molecule has 0 unspecified atom stereocenters. The Kier molecular flexibility index (Phi) is 2.19. The Hall–Kier alpha value is -2.49. The maximum Gasteiger partial charge on any atom is 0.234 e. The fraction of sp³-hybridized carbons (Fsp3) is 0. The van der Waals surface area contributed by atoms with Crippen molar-refractivity contribution < 1.29 is 4.79 Å². The molecular weight excluding hydrogens is 214 g/mol. The summed E-state index contributed by atoms with van der Waals surface area (Å²) in [5.74, 6) is 0.484. The summed E-state index contributed by atoms with van der Waals surface area (Å²) in [4.78, 5) is 20.4. The summed E-state index contributed by atoms with van der Waals surface area (Å²) in [7, 11) is 0. The third-order valence-electron chi connectivity index (χ3n) is 2.56. The first-order valence-electron chi connectivity index (χ1n) is 5.24. The van der Waals surface area contributed by atoms with Gasteiger partial charge < -0.3 is 0 Å². The summed E-state index contributed by atoms with van der Waals surface area (Å²) < 4.78 is 1.69. The van der Waals surface area contributed by atoms with E-state index in [2.05, 4.69) is 9.97 Å². The van der Waals surface area contributed by atoms with Gasteiger partial charge in [0.25, 0.3) is 0 Å². The number of nitrogens with zero attached hydrogens (tertiary/aromatic N) is 3. The van der Waals surface area contributed by atoms with Crippen molar-refractivity contribution in [1.29, 1.82) is 0 Å². The zero-order chi connectivity index (χ0) is 11.7.